The average Bonchev–Trinajstić information content (AvgIpc) is 3.06. The zero-order valence-corrected chi connectivity index (χ0v) is 16.2. The predicted molar refractivity (Wildman–Crippen MR) is 94.4 cm³/mol. The molecule has 0 bridgehead atoms. The van der Waals surface area contributed by atoms with E-state index in [1.807, 2.05) is 0 Å². The molecule has 1 heterocycles. The fourth-order valence-corrected chi connectivity index (χ4v) is 3.14. The van der Waals surface area contributed by atoms with Gasteiger partial charge in [-0.05, 0) is 51.4 Å². The minimum atomic E-state index is -0.342. The molecule has 0 unspecified atom stereocenters. The maximum atomic E-state index is 11.4. The van der Waals surface area contributed by atoms with E-state index >= 15 is 0 Å². The highest BCUT2D eigenvalue weighted by molar-refractivity contribution is 5.66. The molecule has 7 nitrogen and oxygen atoms in total. The van der Waals surface area contributed by atoms with Gasteiger partial charge in [0.25, 0.3) is 0 Å². The molecule has 0 saturated carbocycles. The van der Waals surface area contributed by atoms with Crippen LogP contribution < -0.4 is 0 Å². The molecular formula is C19H32O7. The SMILES string of the molecule is CC(=O)OCCC[C@@H](CC[C@@H](CC[C@@H]1CCCO1)OC(C)=O)OC(C)=O. The highest BCUT2D eigenvalue weighted by atomic mass is 16.6. The van der Waals surface area contributed by atoms with E-state index in [0.717, 1.165) is 32.3 Å². The number of rotatable bonds is 12. The van der Waals surface area contributed by atoms with Crippen LogP contribution in [0.15, 0.2) is 0 Å². The molecule has 1 rings (SSSR count). The first-order chi connectivity index (χ1) is 12.4. The second-order valence-corrected chi connectivity index (χ2v) is 6.73. The smallest absolute Gasteiger partial charge is 0.302 e. The second-order valence-electron chi connectivity index (χ2n) is 6.73. The van der Waals surface area contributed by atoms with E-state index < -0.39 is 0 Å². The van der Waals surface area contributed by atoms with Crippen LogP contribution in [-0.4, -0.2) is 49.4 Å². The Bertz CT molecular complexity index is 443. The van der Waals surface area contributed by atoms with Gasteiger partial charge in [-0.2, -0.15) is 0 Å². The summed E-state index contributed by atoms with van der Waals surface area (Å²) in [6.45, 7) is 5.25. The zero-order valence-electron chi connectivity index (χ0n) is 16.2. The molecule has 1 saturated heterocycles. The molecule has 1 fully saturated rings. The topological polar surface area (TPSA) is 88.1 Å². The van der Waals surface area contributed by atoms with Gasteiger partial charge < -0.3 is 18.9 Å². The van der Waals surface area contributed by atoms with Gasteiger partial charge >= 0.3 is 17.9 Å². The minimum Gasteiger partial charge on any atom is -0.466 e. The van der Waals surface area contributed by atoms with E-state index in [4.69, 9.17) is 18.9 Å². The van der Waals surface area contributed by atoms with Gasteiger partial charge in [-0.1, -0.05) is 0 Å². The molecule has 0 radical (unpaired) electrons. The highest BCUT2D eigenvalue weighted by Gasteiger charge is 2.21. The molecule has 0 aromatic rings. The average molecular weight is 372 g/mol. The molecule has 150 valence electrons. The Labute approximate surface area is 155 Å². The van der Waals surface area contributed by atoms with Gasteiger partial charge in [-0.15, -0.1) is 0 Å². The summed E-state index contributed by atoms with van der Waals surface area (Å²) in [5.74, 6) is -0.967. The summed E-state index contributed by atoms with van der Waals surface area (Å²) in [6, 6.07) is 0. The van der Waals surface area contributed by atoms with Crippen molar-refractivity contribution >= 4 is 17.9 Å². The van der Waals surface area contributed by atoms with Gasteiger partial charge in [-0.3, -0.25) is 14.4 Å². The Morgan fingerprint density at radius 2 is 1.54 bits per heavy atom. The summed E-state index contributed by atoms with van der Waals surface area (Å²) >= 11 is 0. The van der Waals surface area contributed by atoms with Gasteiger partial charge in [0.15, 0.2) is 0 Å². The van der Waals surface area contributed by atoms with Crippen molar-refractivity contribution in [2.75, 3.05) is 13.2 Å². The Morgan fingerprint density at radius 3 is 2.04 bits per heavy atom. The first-order valence-corrected chi connectivity index (χ1v) is 9.46. The molecule has 0 aromatic heterocycles. The number of hydrogen-bond donors (Lipinski definition) is 0. The minimum absolute atomic E-state index is 0.205. The Balaban J connectivity index is 2.42. The monoisotopic (exact) mass is 372 g/mol. The second kappa shape index (κ2) is 12.7. The lowest BCUT2D eigenvalue weighted by Crippen LogP contribution is -2.23. The van der Waals surface area contributed by atoms with Crippen LogP contribution in [0.4, 0.5) is 0 Å². The summed E-state index contributed by atoms with van der Waals surface area (Å²) in [7, 11) is 0. The lowest BCUT2D eigenvalue weighted by Gasteiger charge is -2.22. The Kier molecular flexibility index (Phi) is 10.9. The van der Waals surface area contributed by atoms with Gasteiger partial charge in [0.1, 0.15) is 12.2 Å². The van der Waals surface area contributed by atoms with Crippen molar-refractivity contribution < 1.29 is 33.3 Å². The van der Waals surface area contributed by atoms with E-state index in [-0.39, 0.29) is 36.2 Å². The molecule has 0 spiro atoms. The molecule has 7 heteroatoms. The van der Waals surface area contributed by atoms with E-state index in [1.165, 1.54) is 20.8 Å². The van der Waals surface area contributed by atoms with E-state index in [9.17, 15) is 14.4 Å². The Hall–Kier alpha value is -1.63. The number of hydrogen-bond acceptors (Lipinski definition) is 7. The summed E-state index contributed by atoms with van der Waals surface area (Å²) in [5.41, 5.74) is 0. The molecular weight excluding hydrogens is 340 g/mol. The summed E-state index contributed by atoms with van der Waals surface area (Å²) in [6.07, 6.45) is 5.96. The lowest BCUT2D eigenvalue weighted by atomic mass is 10.0. The maximum absolute atomic E-state index is 11.4. The van der Waals surface area contributed by atoms with Crippen molar-refractivity contribution in [1.82, 2.24) is 0 Å². The summed E-state index contributed by atoms with van der Waals surface area (Å²) in [5, 5.41) is 0. The van der Waals surface area contributed by atoms with Crippen LogP contribution in [0.2, 0.25) is 0 Å². The zero-order chi connectivity index (χ0) is 19.4. The van der Waals surface area contributed by atoms with E-state index in [2.05, 4.69) is 0 Å². The van der Waals surface area contributed by atoms with Crippen LogP contribution >= 0.6 is 0 Å². The highest BCUT2D eigenvalue weighted by Crippen LogP contribution is 2.22. The van der Waals surface area contributed by atoms with Crippen molar-refractivity contribution in [3.8, 4) is 0 Å². The standard InChI is InChI=1S/C19H32O7/c1-14(20)23-12-5-7-18(25-15(2)21)10-11-19(26-16(3)22)9-8-17-6-4-13-24-17/h17-19H,4-13H2,1-3H3/t17-,18-,19+/m0/s1. The number of carbonyl (C=O) groups excluding carboxylic acids is 3. The fraction of sp³-hybridized carbons (Fsp3) is 0.842. The third-order valence-electron chi connectivity index (χ3n) is 4.29. The molecule has 0 amide bonds. The third kappa shape index (κ3) is 11.1. The first kappa shape index (κ1) is 22.4. The van der Waals surface area contributed by atoms with Gasteiger partial charge in [0.05, 0.1) is 12.7 Å². The number of ether oxygens (including phenoxy) is 4. The van der Waals surface area contributed by atoms with Crippen molar-refractivity contribution in [2.24, 2.45) is 0 Å². The Morgan fingerprint density at radius 1 is 0.923 bits per heavy atom. The number of esters is 3. The van der Waals surface area contributed by atoms with Crippen LogP contribution in [0.25, 0.3) is 0 Å². The summed E-state index contributed by atoms with van der Waals surface area (Å²) < 4.78 is 21.3. The quantitative estimate of drug-likeness (QED) is 0.296. The van der Waals surface area contributed by atoms with E-state index in [1.54, 1.807) is 0 Å². The van der Waals surface area contributed by atoms with Crippen LogP contribution in [0.3, 0.4) is 0 Å². The van der Waals surface area contributed by atoms with Crippen molar-refractivity contribution in [2.45, 2.75) is 90.4 Å². The molecule has 0 aliphatic carbocycles. The van der Waals surface area contributed by atoms with Crippen LogP contribution in [0, 0.1) is 0 Å². The van der Waals surface area contributed by atoms with Crippen LogP contribution in [0.1, 0.15) is 72.1 Å². The predicted octanol–water partition coefficient (Wildman–Crippen LogP) is 2.93. The first-order valence-electron chi connectivity index (χ1n) is 9.46. The van der Waals surface area contributed by atoms with Gasteiger partial charge in [0, 0.05) is 27.4 Å². The molecule has 0 aromatic carbocycles. The third-order valence-corrected chi connectivity index (χ3v) is 4.29. The van der Waals surface area contributed by atoms with Crippen molar-refractivity contribution in [3.05, 3.63) is 0 Å². The van der Waals surface area contributed by atoms with Crippen LogP contribution in [0.5, 0.6) is 0 Å². The van der Waals surface area contributed by atoms with Crippen LogP contribution in [-0.2, 0) is 33.3 Å². The van der Waals surface area contributed by atoms with Gasteiger partial charge in [-0.25, -0.2) is 0 Å². The molecule has 1 aliphatic rings. The van der Waals surface area contributed by atoms with Gasteiger partial charge in [0.2, 0.25) is 0 Å². The largest absolute Gasteiger partial charge is 0.466 e. The van der Waals surface area contributed by atoms with Crippen molar-refractivity contribution in [1.29, 1.82) is 0 Å². The molecule has 1 aliphatic heterocycles. The maximum Gasteiger partial charge on any atom is 0.302 e. The number of carbonyl (C=O) groups is 3. The molecule has 26 heavy (non-hydrogen) atoms. The lowest BCUT2D eigenvalue weighted by molar-refractivity contribution is -0.151. The van der Waals surface area contributed by atoms with E-state index in [0.29, 0.717) is 32.3 Å². The van der Waals surface area contributed by atoms with Crippen molar-refractivity contribution in [3.63, 3.8) is 0 Å². The fourth-order valence-electron chi connectivity index (χ4n) is 3.14. The normalized spacial score (nSPS) is 18.8. The summed E-state index contributed by atoms with van der Waals surface area (Å²) in [4.78, 5) is 33.5. The molecule has 0 N–H and O–H groups in total. The molecule has 3 atom stereocenters.